The number of amides is 1. The van der Waals surface area contributed by atoms with Crippen LogP contribution in [0.5, 0.6) is 0 Å². The quantitative estimate of drug-likeness (QED) is 0.886. The number of carbonyl (C=O) groups is 1. The molecule has 1 saturated heterocycles. The van der Waals surface area contributed by atoms with Gasteiger partial charge >= 0.3 is 0 Å². The van der Waals surface area contributed by atoms with E-state index in [1.165, 1.54) is 0 Å². The molecule has 1 fully saturated rings. The molecule has 25 heavy (non-hydrogen) atoms. The van der Waals surface area contributed by atoms with Gasteiger partial charge < -0.3 is 10.6 Å². The molecule has 0 aliphatic carbocycles. The van der Waals surface area contributed by atoms with Crippen molar-refractivity contribution in [1.82, 2.24) is 25.1 Å². The Hall–Kier alpha value is -2.28. The van der Waals surface area contributed by atoms with Crippen LogP contribution >= 0.6 is 0 Å². The van der Waals surface area contributed by atoms with Gasteiger partial charge in [0.1, 0.15) is 11.9 Å². The maximum Gasteiger partial charge on any atom is 0.247 e. The first-order chi connectivity index (χ1) is 12.1. The smallest absolute Gasteiger partial charge is 0.247 e. The fourth-order valence-corrected chi connectivity index (χ4v) is 3.50. The molecule has 3 rings (SSSR count). The molecule has 134 valence electrons. The molecule has 0 saturated carbocycles. The predicted molar refractivity (Wildman–Crippen MR) is 94.7 cm³/mol. The molecule has 2 aromatic rings. The molecule has 1 aliphatic heterocycles. The van der Waals surface area contributed by atoms with Crippen molar-refractivity contribution < 1.29 is 4.79 Å². The molecule has 2 unspecified atom stereocenters. The minimum atomic E-state index is -0.413. The van der Waals surface area contributed by atoms with Gasteiger partial charge in [-0.3, -0.25) is 4.79 Å². The van der Waals surface area contributed by atoms with Crippen molar-refractivity contribution in [2.75, 3.05) is 13.1 Å². The van der Waals surface area contributed by atoms with E-state index in [1.807, 2.05) is 49.1 Å². The van der Waals surface area contributed by atoms with Gasteiger partial charge in [-0.25, -0.2) is 4.68 Å². The van der Waals surface area contributed by atoms with Crippen LogP contribution in [0.25, 0.3) is 0 Å². The van der Waals surface area contributed by atoms with Gasteiger partial charge in [-0.2, -0.15) is 0 Å². The fraction of sp³-hybridized carbons (Fsp3) is 0.556. The van der Waals surface area contributed by atoms with Gasteiger partial charge in [0.05, 0.1) is 0 Å². The summed E-state index contributed by atoms with van der Waals surface area (Å²) in [6.07, 6.45) is 2.49. The number of aromatic nitrogens is 4. The molecule has 1 amide bonds. The summed E-state index contributed by atoms with van der Waals surface area (Å²) < 4.78 is 1.65. The van der Waals surface area contributed by atoms with E-state index >= 15 is 0 Å². The normalized spacial score (nSPS) is 18.1. The number of aryl methyl sites for hydroxylation is 1. The molecule has 2 atom stereocenters. The number of tetrazole rings is 1. The zero-order chi connectivity index (χ0) is 17.8. The van der Waals surface area contributed by atoms with Crippen molar-refractivity contribution in [3.63, 3.8) is 0 Å². The van der Waals surface area contributed by atoms with Gasteiger partial charge in [-0.05, 0) is 48.6 Å². The van der Waals surface area contributed by atoms with Crippen LogP contribution in [0.4, 0.5) is 0 Å². The van der Waals surface area contributed by atoms with E-state index in [4.69, 9.17) is 5.73 Å². The second kappa shape index (κ2) is 7.74. The highest BCUT2D eigenvalue weighted by Crippen LogP contribution is 2.24. The number of hydrogen-bond donors (Lipinski definition) is 1. The maximum atomic E-state index is 13.2. The lowest BCUT2D eigenvalue weighted by Crippen LogP contribution is -2.45. The average Bonchev–Trinajstić information content (AvgIpc) is 3.06. The third-order valence-corrected chi connectivity index (χ3v) is 5.10. The Labute approximate surface area is 148 Å². The number of likely N-dealkylation sites (tertiary alicyclic amines) is 1. The molecule has 2 heterocycles. The second-order valence-corrected chi connectivity index (χ2v) is 6.90. The van der Waals surface area contributed by atoms with Crippen molar-refractivity contribution >= 4 is 5.91 Å². The number of hydrogen-bond acceptors (Lipinski definition) is 5. The van der Waals surface area contributed by atoms with Gasteiger partial charge in [-0.1, -0.05) is 30.3 Å². The summed E-state index contributed by atoms with van der Waals surface area (Å²) in [5, 5.41) is 11.7. The van der Waals surface area contributed by atoms with Crippen molar-refractivity contribution in [2.24, 2.45) is 11.7 Å². The molecular weight excluding hydrogens is 316 g/mol. The number of nitrogens with zero attached hydrogens (tertiary/aromatic N) is 5. The van der Waals surface area contributed by atoms with Crippen molar-refractivity contribution in [3.05, 3.63) is 41.7 Å². The molecule has 2 N–H and O–H groups in total. The molecule has 0 spiro atoms. The Balaban J connectivity index is 1.77. The lowest BCUT2D eigenvalue weighted by atomic mass is 9.90. The van der Waals surface area contributed by atoms with Crippen LogP contribution in [-0.2, 0) is 11.2 Å². The van der Waals surface area contributed by atoms with Crippen LogP contribution < -0.4 is 5.73 Å². The van der Waals surface area contributed by atoms with Crippen molar-refractivity contribution in [2.45, 2.75) is 45.2 Å². The largest absolute Gasteiger partial charge is 0.341 e. The van der Waals surface area contributed by atoms with E-state index in [1.54, 1.807) is 4.68 Å². The first kappa shape index (κ1) is 17.5. The number of benzene rings is 1. The predicted octanol–water partition coefficient (Wildman–Crippen LogP) is 1.35. The Morgan fingerprint density at radius 3 is 2.52 bits per heavy atom. The Morgan fingerprint density at radius 1 is 1.28 bits per heavy atom. The number of carbonyl (C=O) groups excluding carboxylic acids is 1. The Bertz CT molecular complexity index is 691. The van der Waals surface area contributed by atoms with Crippen LogP contribution in [0.15, 0.2) is 30.3 Å². The molecule has 7 heteroatoms. The second-order valence-electron chi connectivity index (χ2n) is 6.90. The lowest BCUT2D eigenvalue weighted by Gasteiger charge is -2.35. The summed E-state index contributed by atoms with van der Waals surface area (Å²) in [7, 11) is 0. The van der Waals surface area contributed by atoms with E-state index in [9.17, 15) is 4.79 Å². The molecular formula is C18H26N6O. The molecule has 0 bridgehead atoms. The van der Waals surface area contributed by atoms with Crippen LogP contribution in [-0.4, -0.2) is 50.1 Å². The summed E-state index contributed by atoms with van der Waals surface area (Å²) in [4.78, 5) is 15.1. The number of rotatable bonds is 5. The number of piperidine rings is 1. The van der Waals surface area contributed by atoms with Gasteiger partial charge in [0.15, 0.2) is 0 Å². The summed E-state index contributed by atoms with van der Waals surface area (Å²) >= 11 is 0. The van der Waals surface area contributed by atoms with Crippen LogP contribution in [0.1, 0.15) is 37.2 Å². The topological polar surface area (TPSA) is 89.9 Å². The maximum absolute atomic E-state index is 13.2. The van der Waals surface area contributed by atoms with Gasteiger partial charge in [0.2, 0.25) is 5.91 Å². The molecule has 1 aromatic heterocycles. The SMILES string of the molecule is Cc1nnnn1C(Cc1ccccc1)C(=O)N1CCC(C(C)N)CC1. The number of nitrogens with two attached hydrogens (primary N) is 1. The molecule has 1 aromatic carbocycles. The summed E-state index contributed by atoms with van der Waals surface area (Å²) in [5.74, 6) is 1.23. The lowest BCUT2D eigenvalue weighted by molar-refractivity contribution is -0.136. The summed E-state index contributed by atoms with van der Waals surface area (Å²) in [5.41, 5.74) is 7.11. The third kappa shape index (κ3) is 4.04. The Kier molecular flexibility index (Phi) is 5.43. The van der Waals surface area contributed by atoms with Gasteiger partial charge in [0, 0.05) is 25.6 Å². The molecule has 0 radical (unpaired) electrons. The van der Waals surface area contributed by atoms with Crippen LogP contribution in [0.3, 0.4) is 0 Å². The molecule has 1 aliphatic rings. The first-order valence-corrected chi connectivity index (χ1v) is 8.89. The van der Waals surface area contributed by atoms with Gasteiger partial charge in [-0.15, -0.1) is 5.10 Å². The first-order valence-electron chi connectivity index (χ1n) is 8.89. The van der Waals surface area contributed by atoms with E-state index in [2.05, 4.69) is 15.5 Å². The summed E-state index contributed by atoms with van der Waals surface area (Å²) in [6, 6.07) is 9.77. The zero-order valence-corrected chi connectivity index (χ0v) is 14.9. The van der Waals surface area contributed by atoms with Crippen LogP contribution in [0, 0.1) is 12.8 Å². The van der Waals surface area contributed by atoms with E-state index < -0.39 is 6.04 Å². The third-order valence-electron chi connectivity index (χ3n) is 5.10. The van der Waals surface area contributed by atoms with Gasteiger partial charge in [0.25, 0.3) is 0 Å². The van der Waals surface area contributed by atoms with E-state index in [0.717, 1.165) is 31.5 Å². The zero-order valence-electron chi connectivity index (χ0n) is 14.9. The van der Waals surface area contributed by atoms with Crippen LogP contribution in [0.2, 0.25) is 0 Å². The van der Waals surface area contributed by atoms with E-state index in [-0.39, 0.29) is 11.9 Å². The minimum Gasteiger partial charge on any atom is -0.341 e. The standard InChI is InChI=1S/C18H26N6O/c1-13(19)16-8-10-23(11-9-16)18(25)17(24-14(2)20-21-22-24)12-15-6-4-3-5-7-15/h3-7,13,16-17H,8-12,19H2,1-2H3. The highest BCUT2D eigenvalue weighted by atomic mass is 16.2. The van der Waals surface area contributed by atoms with E-state index in [0.29, 0.717) is 18.2 Å². The minimum absolute atomic E-state index is 0.0855. The summed E-state index contributed by atoms with van der Waals surface area (Å²) in [6.45, 7) is 5.37. The molecule has 7 nitrogen and oxygen atoms in total. The van der Waals surface area contributed by atoms with Crippen molar-refractivity contribution in [3.8, 4) is 0 Å². The monoisotopic (exact) mass is 342 g/mol. The average molecular weight is 342 g/mol. The van der Waals surface area contributed by atoms with Crippen molar-refractivity contribution in [1.29, 1.82) is 0 Å². The fourth-order valence-electron chi connectivity index (χ4n) is 3.50. The Morgan fingerprint density at radius 2 is 1.96 bits per heavy atom. The highest BCUT2D eigenvalue weighted by Gasteiger charge is 2.31. The highest BCUT2D eigenvalue weighted by molar-refractivity contribution is 5.80.